The van der Waals surface area contributed by atoms with E-state index >= 15 is 0 Å². The summed E-state index contributed by atoms with van der Waals surface area (Å²) < 4.78 is 5.23. The van der Waals surface area contributed by atoms with Crippen LogP contribution in [0.4, 0.5) is 0 Å². The minimum Gasteiger partial charge on any atom is -0.478 e. The second-order valence-electron chi connectivity index (χ2n) is 2.62. The van der Waals surface area contributed by atoms with Crippen molar-refractivity contribution in [3.63, 3.8) is 0 Å². The molecule has 0 aliphatic heterocycles. The fraction of sp³-hybridized carbons (Fsp3) is 0.444. The van der Waals surface area contributed by atoms with E-state index in [0.717, 1.165) is 5.69 Å². The molecule has 3 heteroatoms. The van der Waals surface area contributed by atoms with Gasteiger partial charge in [0.1, 0.15) is 0 Å². The van der Waals surface area contributed by atoms with Crippen LogP contribution in [0.2, 0.25) is 0 Å². The Morgan fingerprint density at radius 3 is 2.92 bits per heavy atom. The third-order valence-electron chi connectivity index (χ3n) is 1.50. The maximum atomic E-state index is 5.66. The van der Waals surface area contributed by atoms with E-state index in [4.69, 9.17) is 10.5 Å². The monoisotopic (exact) mass is 166 g/mol. The number of rotatable bonds is 3. The summed E-state index contributed by atoms with van der Waals surface area (Å²) in [5.41, 5.74) is 6.52. The maximum absolute atomic E-state index is 5.66. The van der Waals surface area contributed by atoms with E-state index in [1.165, 1.54) is 0 Å². The molecule has 0 bridgehead atoms. The largest absolute Gasteiger partial charge is 0.478 e. The van der Waals surface area contributed by atoms with E-state index in [-0.39, 0.29) is 6.04 Å². The lowest BCUT2D eigenvalue weighted by molar-refractivity contribution is 0.325. The third kappa shape index (κ3) is 2.20. The SMILES string of the molecule is CCOc1cccc(C(C)N)n1. The highest BCUT2D eigenvalue weighted by atomic mass is 16.5. The van der Waals surface area contributed by atoms with Gasteiger partial charge in [-0.3, -0.25) is 0 Å². The van der Waals surface area contributed by atoms with E-state index in [1.807, 2.05) is 32.0 Å². The summed E-state index contributed by atoms with van der Waals surface area (Å²) in [4.78, 5) is 4.21. The molecule has 1 aromatic rings. The second kappa shape index (κ2) is 4.07. The van der Waals surface area contributed by atoms with Crippen LogP contribution in [0.1, 0.15) is 25.6 Å². The number of aromatic nitrogens is 1. The Hall–Kier alpha value is -1.09. The number of nitrogens with two attached hydrogens (primary N) is 1. The molecule has 3 nitrogen and oxygen atoms in total. The van der Waals surface area contributed by atoms with E-state index in [9.17, 15) is 0 Å². The normalized spacial score (nSPS) is 12.6. The topological polar surface area (TPSA) is 48.1 Å². The molecule has 12 heavy (non-hydrogen) atoms. The Morgan fingerprint density at radius 1 is 1.58 bits per heavy atom. The van der Waals surface area contributed by atoms with Gasteiger partial charge in [0.2, 0.25) is 5.88 Å². The lowest BCUT2D eigenvalue weighted by Crippen LogP contribution is -2.07. The maximum Gasteiger partial charge on any atom is 0.213 e. The molecule has 0 saturated carbocycles. The van der Waals surface area contributed by atoms with Gasteiger partial charge in [0, 0.05) is 12.1 Å². The third-order valence-corrected chi connectivity index (χ3v) is 1.50. The van der Waals surface area contributed by atoms with Crippen molar-refractivity contribution >= 4 is 0 Å². The molecule has 0 aliphatic carbocycles. The van der Waals surface area contributed by atoms with Crippen LogP contribution in [-0.4, -0.2) is 11.6 Å². The second-order valence-corrected chi connectivity index (χ2v) is 2.62. The molecular weight excluding hydrogens is 152 g/mol. The van der Waals surface area contributed by atoms with Crippen LogP contribution in [0, 0.1) is 0 Å². The van der Waals surface area contributed by atoms with Crippen LogP contribution >= 0.6 is 0 Å². The molecule has 1 unspecified atom stereocenters. The summed E-state index contributed by atoms with van der Waals surface area (Å²) in [7, 11) is 0. The molecule has 1 rings (SSSR count). The Morgan fingerprint density at radius 2 is 2.33 bits per heavy atom. The molecule has 66 valence electrons. The number of hydrogen-bond acceptors (Lipinski definition) is 3. The zero-order chi connectivity index (χ0) is 8.97. The van der Waals surface area contributed by atoms with Crippen LogP contribution in [-0.2, 0) is 0 Å². The Kier molecular flexibility index (Phi) is 3.05. The highest BCUT2D eigenvalue weighted by molar-refractivity contribution is 5.17. The van der Waals surface area contributed by atoms with Gasteiger partial charge >= 0.3 is 0 Å². The predicted octanol–water partition coefficient (Wildman–Crippen LogP) is 1.50. The van der Waals surface area contributed by atoms with Gasteiger partial charge in [0.15, 0.2) is 0 Å². The summed E-state index contributed by atoms with van der Waals surface area (Å²) in [6.45, 7) is 4.47. The van der Waals surface area contributed by atoms with Crippen molar-refractivity contribution in [1.29, 1.82) is 0 Å². The zero-order valence-corrected chi connectivity index (χ0v) is 7.45. The first-order chi connectivity index (χ1) is 5.74. The van der Waals surface area contributed by atoms with E-state index in [2.05, 4.69) is 4.98 Å². The van der Waals surface area contributed by atoms with Gasteiger partial charge in [-0.25, -0.2) is 4.98 Å². The first-order valence-corrected chi connectivity index (χ1v) is 4.09. The van der Waals surface area contributed by atoms with Crippen LogP contribution in [0.15, 0.2) is 18.2 Å². The van der Waals surface area contributed by atoms with Gasteiger partial charge in [0.25, 0.3) is 0 Å². The predicted molar refractivity (Wildman–Crippen MR) is 48.0 cm³/mol. The minimum atomic E-state index is -0.0367. The summed E-state index contributed by atoms with van der Waals surface area (Å²) in [5.74, 6) is 0.646. The average molecular weight is 166 g/mol. The molecule has 1 aromatic heterocycles. The summed E-state index contributed by atoms with van der Waals surface area (Å²) in [6.07, 6.45) is 0. The molecule has 0 saturated heterocycles. The number of pyridine rings is 1. The first kappa shape index (κ1) is 9.00. The molecule has 0 fully saturated rings. The van der Waals surface area contributed by atoms with Crippen molar-refractivity contribution in [2.75, 3.05) is 6.61 Å². The fourth-order valence-corrected chi connectivity index (χ4v) is 0.913. The van der Waals surface area contributed by atoms with Gasteiger partial charge in [-0.05, 0) is 19.9 Å². The lowest BCUT2D eigenvalue weighted by Gasteiger charge is -2.06. The fourth-order valence-electron chi connectivity index (χ4n) is 0.913. The van der Waals surface area contributed by atoms with Gasteiger partial charge in [-0.1, -0.05) is 6.07 Å². The van der Waals surface area contributed by atoms with Crippen LogP contribution in [0.5, 0.6) is 5.88 Å². The smallest absolute Gasteiger partial charge is 0.213 e. The quantitative estimate of drug-likeness (QED) is 0.740. The van der Waals surface area contributed by atoms with E-state index in [0.29, 0.717) is 12.5 Å². The zero-order valence-electron chi connectivity index (χ0n) is 7.45. The molecule has 0 aromatic carbocycles. The van der Waals surface area contributed by atoms with Crippen LogP contribution < -0.4 is 10.5 Å². The van der Waals surface area contributed by atoms with Crippen molar-refractivity contribution in [2.45, 2.75) is 19.9 Å². The molecule has 0 radical (unpaired) electrons. The molecule has 0 amide bonds. The van der Waals surface area contributed by atoms with E-state index < -0.39 is 0 Å². The van der Waals surface area contributed by atoms with Gasteiger partial charge in [-0.15, -0.1) is 0 Å². The molecule has 0 aliphatic rings. The van der Waals surface area contributed by atoms with Gasteiger partial charge in [-0.2, -0.15) is 0 Å². The average Bonchev–Trinajstić information content (AvgIpc) is 2.05. The lowest BCUT2D eigenvalue weighted by atomic mass is 10.2. The van der Waals surface area contributed by atoms with Crippen molar-refractivity contribution < 1.29 is 4.74 Å². The number of ether oxygens (including phenoxy) is 1. The summed E-state index contributed by atoms with van der Waals surface area (Å²) in [6, 6.07) is 5.59. The standard InChI is InChI=1S/C9H14N2O/c1-3-12-9-6-4-5-8(11-9)7(2)10/h4-7H,3,10H2,1-2H3. The molecule has 1 atom stereocenters. The highest BCUT2D eigenvalue weighted by Crippen LogP contribution is 2.11. The van der Waals surface area contributed by atoms with Crippen LogP contribution in [0.25, 0.3) is 0 Å². The highest BCUT2D eigenvalue weighted by Gasteiger charge is 2.01. The molecule has 2 N–H and O–H groups in total. The number of hydrogen-bond donors (Lipinski definition) is 1. The van der Waals surface area contributed by atoms with Gasteiger partial charge in [0.05, 0.1) is 12.3 Å². The summed E-state index contributed by atoms with van der Waals surface area (Å²) in [5, 5.41) is 0. The molecular formula is C9H14N2O. The van der Waals surface area contributed by atoms with Crippen molar-refractivity contribution in [3.05, 3.63) is 23.9 Å². The van der Waals surface area contributed by atoms with Gasteiger partial charge < -0.3 is 10.5 Å². The van der Waals surface area contributed by atoms with E-state index in [1.54, 1.807) is 0 Å². The molecule has 0 spiro atoms. The van der Waals surface area contributed by atoms with Crippen molar-refractivity contribution in [3.8, 4) is 5.88 Å². The van der Waals surface area contributed by atoms with Crippen molar-refractivity contribution in [2.24, 2.45) is 5.73 Å². The number of nitrogens with zero attached hydrogens (tertiary/aromatic N) is 1. The minimum absolute atomic E-state index is 0.0367. The Balaban J connectivity index is 2.81. The summed E-state index contributed by atoms with van der Waals surface area (Å²) >= 11 is 0. The van der Waals surface area contributed by atoms with Crippen molar-refractivity contribution in [1.82, 2.24) is 4.98 Å². The first-order valence-electron chi connectivity index (χ1n) is 4.09. The van der Waals surface area contributed by atoms with Crippen LogP contribution in [0.3, 0.4) is 0 Å². The Labute approximate surface area is 72.6 Å². The Bertz CT molecular complexity index is 248. The molecule has 1 heterocycles.